The molecule has 0 aliphatic carbocycles. The van der Waals surface area contributed by atoms with Gasteiger partial charge in [-0.05, 0) is 6.42 Å². The van der Waals surface area contributed by atoms with Gasteiger partial charge in [-0.1, -0.05) is 13.3 Å². The molecule has 0 aliphatic heterocycles. The first-order valence-corrected chi connectivity index (χ1v) is 4.99. The predicted octanol–water partition coefficient (Wildman–Crippen LogP) is -0.357. The molecular formula is C5H13O5P. The minimum Gasteiger partial charge on any atom is -0.367 e. The highest BCUT2D eigenvalue weighted by Gasteiger charge is 2.33. The Balaban J connectivity index is 4.23. The second-order valence-electron chi connectivity index (χ2n) is 2.36. The molecule has 0 heterocycles. The Bertz CT molecular complexity index is 151. The van der Waals surface area contributed by atoms with Gasteiger partial charge in [0.2, 0.25) is 0 Å². The first-order chi connectivity index (χ1) is 4.89. The van der Waals surface area contributed by atoms with Gasteiger partial charge < -0.3 is 20.0 Å². The molecule has 11 heavy (non-hydrogen) atoms. The van der Waals surface area contributed by atoms with Crippen LogP contribution in [0.5, 0.6) is 0 Å². The van der Waals surface area contributed by atoms with Crippen LogP contribution in [-0.2, 0) is 4.57 Å². The molecule has 0 aromatic carbocycles. The third kappa shape index (κ3) is 3.84. The number of aliphatic hydroxyl groups is 2. The van der Waals surface area contributed by atoms with E-state index in [-0.39, 0.29) is 6.42 Å². The average molecular weight is 184 g/mol. The summed E-state index contributed by atoms with van der Waals surface area (Å²) in [5.74, 6) is 0. The summed E-state index contributed by atoms with van der Waals surface area (Å²) in [5, 5.41) is 17.1. The van der Waals surface area contributed by atoms with Crippen molar-refractivity contribution in [2.75, 3.05) is 0 Å². The first kappa shape index (κ1) is 11.1. The highest BCUT2D eigenvalue weighted by Crippen LogP contribution is 2.44. The lowest BCUT2D eigenvalue weighted by atomic mass is 10.2. The van der Waals surface area contributed by atoms with Crippen LogP contribution in [0.25, 0.3) is 0 Å². The van der Waals surface area contributed by atoms with Crippen molar-refractivity contribution in [3.8, 4) is 0 Å². The smallest absolute Gasteiger partial charge is 0.333 e. The summed E-state index contributed by atoms with van der Waals surface area (Å²) in [6, 6.07) is 0. The van der Waals surface area contributed by atoms with E-state index in [4.69, 9.17) is 20.0 Å². The fraction of sp³-hybridized carbons (Fsp3) is 1.00. The topological polar surface area (TPSA) is 98.0 Å². The Labute approximate surface area is 64.8 Å². The van der Waals surface area contributed by atoms with Crippen molar-refractivity contribution in [3.05, 3.63) is 0 Å². The largest absolute Gasteiger partial charge is 0.367 e. The lowest BCUT2D eigenvalue weighted by molar-refractivity contribution is -0.0473. The molecule has 0 spiro atoms. The van der Waals surface area contributed by atoms with Crippen molar-refractivity contribution in [2.24, 2.45) is 0 Å². The van der Waals surface area contributed by atoms with Gasteiger partial charge in [0, 0.05) is 0 Å². The SMILES string of the molecule is CCCC(C(O)O)P(=O)(O)O. The number of aliphatic hydroxyl groups excluding tert-OH is 1. The number of hydrogen-bond donors (Lipinski definition) is 4. The van der Waals surface area contributed by atoms with Crippen molar-refractivity contribution < 1.29 is 24.6 Å². The third-order valence-corrected chi connectivity index (χ3v) is 2.75. The highest BCUT2D eigenvalue weighted by molar-refractivity contribution is 7.52. The van der Waals surface area contributed by atoms with Gasteiger partial charge in [-0.25, -0.2) is 0 Å². The molecule has 1 unspecified atom stereocenters. The highest BCUT2D eigenvalue weighted by atomic mass is 31.2. The van der Waals surface area contributed by atoms with Gasteiger partial charge in [-0.3, -0.25) is 4.57 Å². The van der Waals surface area contributed by atoms with Crippen LogP contribution < -0.4 is 0 Å². The van der Waals surface area contributed by atoms with E-state index >= 15 is 0 Å². The van der Waals surface area contributed by atoms with Gasteiger partial charge >= 0.3 is 7.60 Å². The van der Waals surface area contributed by atoms with Gasteiger partial charge in [-0.15, -0.1) is 0 Å². The van der Waals surface area contributed by atoms with Crippen LogP contribution in [0.4, 0.5) is 0 Å². The number of rotatable bonds is 4. The standard InChI is InChI=1S/C5H13O5P/c1-2-3-4(5(6)7)11(8,9)10/h4-7H,2-3H2,1H3,(H2,8,9,10). The molecule has 0 rings (SSSR count). The molecular weight excluding hydrogens is 171 g/mol. The van der Waals surface area contributed by atoms with Crippen LogP contribution in [0.2, 0.25) is 0 Å². The molecule has 0 saturated carbocycles. The molecule has 68 valence electrons. The molecule has 4 N–H and O–H groups in total. The van der Waals surface area contributed by atoms with Crippen molar-refractivity contribution >= 4 is 7.60 Å². The second-order valence-corrected chi connectivity index (χ2v) is 4.20. The zero-order chi connectivity index (χ0) is 9.07. The van der Waals surface area contributed by atoms with E-state index in [1.165, 1.54) is 0 Å². The molecule has 0 aliphatic rings. The average Bonchev–Trinajstić information content (AvgIpc) is 1.79. The van der Waals surface area contributed by atoms with Crippen LogP contribution in [0, 0.1) is 0 Å². The maximum Gasteiger partial charge on any atom is 0.333 e. The van der Waals surface area contributed by atoms with E-state index < -0.39 is 19.5 Å². The van der Waals surface area contributed by atoms with Gasteiger partial charge in [0.05, 0.1) is 0 Å². The van der Waals surface area contributed by atoms with Crippen molar-refractivity contribution in [3.63, 3.8) is 0 Å². The lowest BCUT2D eigenvalue weighted by Crippen LogP contribution is -2.25. The Morgan fingerprint density at radius 2 is 1.82 bits per heavy atom. The first-order valence-electron chi connectivity index (χ1n) is 3.31. The minimum absolute atomic E-state index is 0.113. The molecule has 0 aromatic rings. The minimum atomic E-state index is -4.35. The molecule has 0 fully saturated rings. The normalized spacial score (nSPS) is 15.5. The van der Waals surface area contributed by atoms with E-state index in [0.717, 1.165) is 0 Å². The molecule has 0 amide bonds. The Hall–Kier alpha value is 0.0700. The Morgan fingerprint density at radius 1 is 1.36 bits per heavy atom. The van der Waals surface area contributed by atoms with E-state index in [2.05, 4.69) is 0 Å². The number of hydrogen-bond acceptors (Lipinski definition) is 3. The quantitative estimate of drug-likeness (QED) is 0.353. The van der Waals surface area contributed by atoms with E-state index in [1.54, 1.807) is 6.92 Å². The molecule has 6 heteroatoms. The molecule has 5 nitrogen and oxygen atoms in total. The van der Waals surface area contributed by atoms with Crippen LogP contribution in [0.1, 0.15) is 19.8 Å². The summed E-state index contributed by atoms with van der Waals surface area (Å²) in [4.78, 5) is 17.1. The van der Waals surface area contributed by atoms with E-state index in [9.17, 15) is 4.57 Å². The summed E-state index contributed by atoms with van der Waals surface area (Å²) in [6.07, 6.45) is -1.31. The second kappa shape index (κ2) is 4.18. The van der Waals surface area contributed by atoms with Gasteiger partial charge in [0.15, 0.2) is 6.29 Å². The summed E-state index contributed by atoms with van der Waals surface area (Å²) in [7, 11) is -4.35. The molecule has 0 radical (unpaired) electrons. The van der Waals surface area contributed by atoms with E-state index in [1.807, 2.05) is 0 Å². The van der Waals surface area contributed by atoms with Crippen LogP contribution >= 0.6 is 7.60 Å². The van der Waals surface area contributed by atoms with E-state index in [0.29, 0.717) is 6.42 Å². The predicted molar refractivity (Wildman–Crippen MR) is 39.0 cm³/mol. The van der Waals surface area contributed by atoms with Gasteiger partial charge in [0.25, 0.3) is 0 Å². The lowest BCUT2D eigenvalue weighted by Gasteiger charge is -2.18. The van der Waals surface area contributed by atoms with Crippen LogP contribution in [0.15, 0.2) is 0 Å². The summed E-state index contributed by atoms with van der Waals surface area (Å²) in [6.45, 7) is 1.71. The zero-order valence-corrected chi connectivity index (χ0v) is 7.11. The fourth-order valence-electron chi connectivity index (χ4n) is 0.787. The third-order valence-electron chi connectivity index (χ3n) is 1.36. The van der Waals surface area contributed by atoms with Crippen molar-refractivity contribution in [1.82, 2.24) is 0 Å². The summed E-state index contributed by atoms with van der Waals surface area (Å²) >= 11 is 0. The Morgan fingerprint density at radius 3 is 1.91 bits per heavy atom. The molecule has 0 aromatic heterocycles. The maximum atomic E-state index is 10.5. The van der Waals surface area contributed by atoms with Crippen molar-refractivity contribution in [1.29, 1.82) is 0 Å². The van der Waals surface area contributed by atoms with Crippen LogP contribution in [0.3, 0.4) is 0 Å². The zero-order valence-electron chi connectivity index (χ0n) is 6.21. The molecule has 0 bridgehead atoms. The van der Waals surface area contributed by atoms with Gasteiger partial charge in [0.1, 0.15) is 5.66 Å². The summed E-state index contributed by atoms with van der Waals surface area (Å²) in [5.41, 5.74) is -1.34. The maximum absolute atomic E-state index is 10.5. The van der Waals surface area contributed by atoms with Gasteiger partial charge in [-0.2, -0.15) is 0 Å². The van der Waals surface area contributed by atoms with Crippen LogP contribution in [-0.4, -0.2) is 31.9 Å². The fourth-order valence-corrected chi connectivity index (χ4v) is 1.73. The Kier molecular flexibility index (Phi) is 4.21. The molecule has 1 atom stereocenters. The monoisotopic (exact) mass is 184 g/mol. The van der Waals surface area contributed by atoms with Crippen molar-refractivity contribution in [2.45, 2.75) is 31.7 Å². The molecule has 0 saturated heterocycles. The summed E-state index contributed by atoms with van der Waals surface area (Å²) < 4.78 is 10.5.